The molecule has 156 valence electrons. The first-order valence-electron chi connectivity index (χ1n) is 10.3. The van der Waals surface area contributed by atoms with Crippen molar-refractivity contribution >= 4 is 46.2 Å². The van der Waals surface area contributed by atoms with Crippen molar-refractivity contribution in [3.8, 4) is 10.6 Å². The molecule has 2 saturated heterocycles. The summed E-state index contributed by atoms with van der Waals surface area (Å²) in [6.45, 7) is 6.11. The van der Waals surface area contributed by atoms with Gasteiger partial charge in [0.05, 0.1) is 16.2 Å². The largest absolute Gasteiger partial charge is 0.381 e. The molecule has 2 aliphatic rings. The van der Waals surface area contributed by atoms with E-state index in [0.29, 0.717) is 5.92 Å². The lowest BCUT2D eigenvalue weighted by Gasteiger charge is -2.23. The van der Waals surface area contributed by atoms with E-state index in [1.54, 1.807) is 11.3 Å². The van der Waals surface area contributed by atoms with Crippen LogP contribution in [0.4, 0.5) is 0 Å². The minimum atomic E-state index is 0. The van der Waals surface area contributed by atoms with Crippen molar-refractivity contribution in [1.82, 2.24) is 14.5 Å². The first kappa shape index (κ1) is 21.1. The van der Waals surface area contributed by atoms with Crippen LogP contribution in [0.2, 0.25) is 5.02 Å². The molecule has 4 nitrogen and oxygen atoms in total. The molecule has 2 fully saturated rings. The zero-order valence-electron chi connectivity index (χ0n) is 16.5. The second-order valence-electron chi connectivity index (χ2n) is 8.01. The maximum atomic E-state index is 6.63. The Balaban J connectivity index is 0.00000205. The fourth-order valence-corrected chi connectivity index (χ4v) is 5.63. The van der Waals surface area contributed by atoms with E-state index >= 15 is 0 Å². The molecule has 2 aliphatic heterocycles. The van der Waals surface area contributed by atoms with E-state index < -0.39 is 0 Å². The van der Waals surface area contributed by atoms with E-state index in [1.165, 1.54) is 42.6 Å². The van der Waals surface area contributed by atoms with Gasteiger partial charge in [-0.1, -0.05) is 23.7 Å². The van der Waals surface area contributed by atoms with Gasteiger partial charge < -0.3 is 9.30 Å². The van der Waals surface area contributed by atoms with Crippen LogP contribution in [0, 0.1) is 5.92 Å². The normalized spacial score (nSPS) is 18.4. The standard InChI is InChI=1S/C22H26ClN3OS.ClH/c23-20-5-3-4-18-19(14-26(21(18)20)12-16-6-10-27-11-7-16)22-24-17(15-28-22)13-25-8-1-2-9-25;/h3-5,14-16H,1-2,6-13H2;1H. The molecule has 0 saturated carbocycles. The van der Waals surface area contributed by atoms with Gasteiger partial charge in [-0.25, -0.2) is 4.98 Å². The molecule has 0 bridgehead atoms. The van der Waals surface area contributed by atoms with Crippen LogP contribution < -0.4 is 0 Å². The minimum Gasteiger partial charge on any atom is -0.381 e. The van der Waals surface area contributed by atoms with Crippen LogP contribution in [0.25, 0.3) is 21.5 Å². The number of halogens is 2. The number of ether oxygens (including phenoxy) is 1. The third-order valence-corrected chi connectivity index (χ3v) is 7.24. The first-order chi connectivity index (χ1) is 13.8. The van der Waals surface area contributed by atoms with Gasteiger partial charge in [0.15, 0.2) is 0 Å². The highest BCUT2D eigenvalue weighted by Gasteiger charge is 2.20. The molecule has 1 aromatic carbocycles. The van der Waals surface area contributed by atoms with Crippen molar-refractivity contribution in [2.24, 2.45) is 5.92 Å². The highest BCUT2D eigenvalue weighted by atomic mass is 35.5. The maximum absolute atomic E-state index is 6.63. The number of rotatable bonds is 5. The topological polar surface area (TPSA) is 30.3 Å². The SMILES string of the molecule is Cl.Clc1cccc2c(-c3nc(CN4CCCC4)cs3)cn(CC3CCOCC3)c12. The average Bonchev–Trinajstić information content (AvgIpc) is 3.44. The predicted octanol–water partition coefficient (Wildman–Crippen LogP) is 5.86. The monoisotopic (exact) mass is 451 g/mol. The van der Waals surface area contributed by atoms with E-state index in [1.807, 2.05) is 12.1 Å². The fourth-order valence-electron chi connectivity index (χ4n) is 4.51. The molecule has 0 unspecified atom stereocenters. The zero-order valence-corrected chi connectivity index (χ0v) is 18.9. The van der Waals surface area contributed by atoms with Crippen molar-refractivity contribution in [2.45, 2.75) is 38.8 Å². The van der Waals surface area contributed by atoms with Crippen molar-refractivity contribution in [1.29, 1.82) is 0 Å². The van der Waals surface area contributed by atoms with Gasteiger partial charge in [0, 0.05) is 48.8 Å². The molecule has 3 aromatic rings. The Morgan fingerprint density at radius 3 is 2.76 bits per heavy atom. The number of likely N-dealkylation sites (tertiary alicyclic amines) is 1. The Hall–Kier alpha value is -1.11. The number of hydrogen-bond acceptors (Lipinski definition) is 4. The van der Waals surface area contributed by atoms with Gasteiger partial charge in [-0.2, -0.15) is 0 Å². The summed E-state index contributed by atoms with van der Waals surface area (Å²) in [6, 6.07) is 6.22. The fraction of sp³-hybridized carbons (Fsp3) is 0.500. The van der Waals surface area contributed by atoms with Gasteiger partial charge in [0.25, 0.3) is 0 Å². The third-order valence-electron chi connectivity index (χ3n) is 6.01. The molecule has 2 aromatic heterocycles. The summed E-state index contributed by atoms with van der Waals surface area (Å²) in [5.41, 5.74) is 3.54. The lowest BCUT2D eigenvalue weighted by Crippen LogP contribution is -2.20. The lowest BCUT2D eigenvalue weighted by molar-refractivity contribution is 0.0616. The van der Waals surface area contributed by atoms with Crippen molar-refractivity contribution < 1.29 is 4.74 Å². The highest BCUT2D eigenvalue weighted by Crippen LogP contribution is 2.37. The van der Waals surface area contributed by atoms with Crippen molar-refractivity contribution in [2.75, 3.05) is 26.3 Å². The number of para-hydroxylation sites is 1. The molecule has 4 heterocycles. The molecule has 29 heavy (non-hydrogen) atoms. The van der Waals surface area contributed by atoms with E-state index in [-0.39, 0.29) is 12.4 Å². The van der Waals surface area contributed by atoms with E-state index in [2.05, 4.69) is 27.1 Å². The molecule has 5 rings (SSSR count). The molecule has 0 aliphatic carbocycles. The summed E-state index contributed by atoms with van der Waals surface area (Å²) < 4.78 is 7.88. The number of hydrogen-bond donors (Lipinski definition) is 0. The van der Waals surface area contributed by atoms with E-state index in [4.69, 9.17) is 21.3 Å². The smallest absolute Gasteiger partial charge is 0.125 e. The Morgan fingerprint density at radius 2 is 1.97 bits per heavy atom. The second kappa shape index (κ2) is 9.36. The Morgan fingerprint density at radius 1 is 1.17 bits per heavy atom. The summed E-state index contributed by atoms with van der Waals surface area (Å²) in [5, 5.41) is 5.36. The van der Waals surface area contributed by atoms with Crippen molar-refractivity contribution in [3.05, 3.63) is 40.5 Å². The molecule has 0 N–H and O–H groups in total. The molecular weight excluding hydrogens is 425 g/mol. The second-order valence-corrected chi connectivity index (χ2v) is 9.28. The number of fused-ring (bicyclic) bond motifs is 1. The van der Waals surface area contributed by atoms with Gasteiger partial charge in [-0.05, 0) is 50.8 Å². The summed E-state index contributed by atoms with van der Waals surface area (Å²) in [4.78, 5) is 7.49. The van der Waals surface area contributed by atoms with E-state index in [9.17, 15) is 0 Å². The average molecular weight is 452 g/mol. The number of aromatic nitrogens is 2. The Labute approximate surface area is 187 Å². The van der Waals surface area contributed by atoms with Crippen molar-refractivity contribution in [3.63, 3.8) is 0 Å². The molecule has 0 atom stereocenters. The van der Waals surface area contributed by atoms with Gasteiger partial charge in [0.2, 0.25) is 0 Å². The quantitative estimate of drug-likeness (QED) is 0.486. The van der Waals surface area contributed by atoms with Crippen LogP contribution in [0.3, 0.4) is 0 Å². The number of thiazole rings is 1. The van der Waals surface area contributed by atoms with E-state index in [0.717, 1.165) is 54.7 Å². The summed E-state index contributed by atoms with van der Waals surface area (Å²) in [5.74, 6) is 0.649. The molecule has 0 spiro atoms. The summed E-state index contributed by atoms with van der Waals surface area (Å²) >= 11 is 8.38. The zero-order chi connectivity index (χ0) is 18.9. The molecule has 7 heteroatoms. The van der Waals surface area contributed by atoms with Crippen LogP contribution in [0.15, 0.2) is 29.8 Å². The van der Waals surface area contributed by atoms with Crippen LogP contribution in [0.1, 0.15) is 31.4 Å². The van der Waals surface area contributed by atoms with Gasteiger partial charge in [0.1, 0.15) is 5.01 Å². The highest BCUT2D eigenvalue weighted by molar-refractivity contribution is 7.13. The molecule has 0 amide bonds. The van der Waals surface area contributed by atoms with Crippen LogP contribution in [-0.4, -0.2) is 40.8 Å². The van der Waals surface area contributed by atoms with Gasteiger partial charge in [-0.15, -0.1) is 23.7 Å². The van der Waals surface area contributed by atoms with Crippen LogP contribution in [0.5, 0.6) is 0 Å². The Kier molecular flexibility index (Phi) is 6.82. The molecular formula is C22H27Cl2N3OS. The first-order valence-corrected chi connectivity index (χ1v) is 11.6. The maximum Gasteiger partial charge on any atom is 0.125 e. The third kappa shape index (κ3) is 4.49. The molecule has 0 radical (unpaired) electrons. The van der Waals surface area contributed by atoms with Gasteiger partial charge in [-0.3, -0.25) is 4.90 Å². The van der Waals surface area contributed by atoms with Gasteiger partial charge >= 0.3 is 0 Å². The van der Waals surface area contributed by atoms with Crippen LogP contribution >= 0.6 is 35.3 Å². The minimum absolute atomic E-state index is 0. The number of benzene rings is 1. The lowest BCUT2D eigenvalue weighted by atomic mass is 10.0. The van der Waals surface area contributed by atoms with Crippen LogP contribution in [-0.2, 0) is 17.8 Å². The summed E-state index contributed by atoms with van der Waals surface area (Å²) in [7, 11) is 0. The Bertz CT molecular complexity index is 958. The number of nitrogens with zero attached hydrogens (tertiary/aromatic N) is 3. The predicted molar refractivity (Wildman–Crippen MR) is 123 cm³/mol. The summed E-state index contributed by atoms with van der Waals surface area (Å²) in [6.07, 6.45) is 7.14.